The van der Waals surface area contributed by atoms with Gasteiger partial charge in [-0.25, -0.2) is 0 Å². The lowest BCUT2D eigenvalue weighted by Gasteiger charge is -2.09. The summed E-state index contributed by atoms with van der Waals surface area (Å²) >= 11 is 4.69. The molecule has 1 amide bonds. The van der Waals surface area contributed by atoms with E-state index in [-0.39, 0.29) is 11.9 Å². The Kier molecular flexibility index (Phi) is 8.26. The molecule has 1 N–H and O–H groups in total. The number of aromatic nitrogens is 2. The third kappa shape index (κ3) is 6.99. The smallest absolute Gasteiger partial charge is 0.230 e. The number of amides is 1. The largest absolute Gasteiger partial charge is 0.353 e. The molecular formula is C18H25N3OS3. The zero-order chi connectivity index (χ0) is 18.2. The van der Waals surface area contributed by atoms with Crippen molar-refractivity contribution in [2.45, 2.75) is 60.5 Å². The second-order valence-electron chi connectivity index (χ2n) is 6.18. The number of carbonyl (C=O) groups excluding carboxylic acids is 1. The van der Waals surface area contributed by atoms with Crippen molar-refractivity contribution >= 4 is 40.8 Å². The van der Waals surface area contributed by atoms with E-state index < -0.39 is 0 Å². The summed E-state index contributed by atoms with van der Waals surface area (Å²) in [4.78, 5) is 11.8. The molecule has 7 heteroatoms. The number of nitrogens with one attached hydrogen (secondary N) is 1. The summed E-state index contributed by atoms with van der Waals surface area (Å²) in [6.07, 6.45) is 0.939. The maximum absolute atomic E-state index is 11.8. The van der Waals surface area contributed by atoms with E-state index in [1.807, 2.05) is 6.92 Å². The molecule has 0 saturated heterocycles. The van der Waals surface area contributed by atoms with Gasteiger partial charge < -0.3 is 5.32 Å². The van der Waals surface area contributed by atoms with Gasteiger partial charge in [0.2, 0.25) is 5.91 Å². The van der Waals surface area contributed by atoms with Gasteiger partial charge in [0.1, 0.15) is 0 Å². The van der Waals surface area contributed by atoms with Crippen molar-refractivity contribution in [1.29, 1.82) is 0 Å². The number of carbonyl (C=O) groups is 1. The van der Waals surface area contributed by atoms with Crippen LogP contribution in [0.2, 0.25) is 0 Å². The van der Waals surface area contributed by atoms with E-state index >= 15 is 0 Å². The van der Waals surface area contributed by atoms with Crippen molar-refractivity contribution in [1.82, 2.24) is 15.5 Å². The third-order valence-electron chi connectivity index (χ3n) is 3.74. The van der Waals surface area contributed by atoms with Crippen molar-refractivity contribution < 1.29 is 4.79 Å². The lowest BCUT2D eigenvalue weighted by atomic mass is 10.0. The molecule has 1 aromatic carbocycles. The highest BCUT2D eigenvalue weighted by atomic mass is 32.2. The number of benzene rings is 1. The maximum atomic E-state index is 11.8. The fraction of sp³-hybridized carbons (Fsp3) is 0.500. The van der Waals surface area contributed by atoms with Gasteiger partial charge in [0.05, 0.1) is 5.75 Å². The molecule has 0 spiro atoms. The van der Waals surface area contributed by atoms with Crippen molar-refractivity contribution in [3.05, 3.63) is 35.4 Å². The predicted octanol–water partition coefficient (Wildman–Crippen LogP) is 4.96. The molecule has 4 nitrogen and oxygen atoms in total. The summed E-state index contributed by atoms with van der Waals surface area (Å²) in [5.41, 5.74) is 2.64. The summed E-state index contributed by atoms with van der Waals surface area (Å²) in [6, 6.07) is 8.96. The standard InChI is InChI=1S/C18H25N3OS3/c1-5-13(4)19-16(22)11-24-18-21-20-17(25-18)23-10-14-6-8-15(9-7-14)12(2)3/h6-9,12-13H,5,10-11H2,1-4H3,(H,19,22). The first-order valence-electron chi connectivity index (χ1n) is 8.45. The highest BCUT2D eigenvalue weighted by Crippen LogP contribution is 2.30. The Balaban J connectivity index is 1.78. The maximum Gasteiger partial charge on any atom is 0.230 e. The second kappa shape index (κ2) is 10.2. The molecule has 2 aromatic rings. The summed E-state index contributed by atoms with van der Waals surface area (Å²) in [7, 11) is 0. The lowest BCUT2D eigenvalue weighted by Crippen LogP contribution is -2.33. The van der Waals surface area contributed by atoms with Crippen LogP contribution in [0.1, 0.15) is 51.2 Å². The first-order chi connectivity index (χ1) is 12.0. The Morgan fingerprint density at radius 3 is 2.36 bits per heavy atom. The van der Waals surface area contributed by atoms with Crippen LogP contribution in [0.4, 0.5) is 0 Å². The van der Waals surface area contributed by atoms with Crippen LogP contribution < -0.4 is 5.32 Å². The van der Waals surface area contributed by atoms with Gasteiger partial charge in [-0.1, -0.05) is 79.9 Å². The third-order valence-corrected chi connectivity index (χ3v) is 7.00. The molecule has 136 valence electrons. The fourth-order valence-electron chi connectivity index (χ4n) is 2.00. The monoisotopic (exact) mass is 395 g/mol. The molecule has 0 radical (unpaired) electrons. The number of hydrogen-bond acceptors (Lipinski definition) is 6. The first kappa shape index (κ1) is 20.3. The zero-order valence-corrected chi connectivity index (χ0v) is 17.6. The van der Waals surface area contributed by atoms with Gasteiger partial charge in [-0.2, -0.15) is 0 Å². The summed E-state index contributed by atoms with van der Waals surface area (Å²) in [5, 5.41) is 11.3. The molecule has 0 aliphatic rings. The fourth-order valence-corrected chi connectivity index (χ4v) is 4.79. The van der Waals surface area contributed by atoms with E-state index in [0.717, 1.165) is 20.9 Å². The Morgan fingerprint density at radius 1 is 1.12 bits per heavy atom. The summed E-state index contributed by atoms with van der Waals surface area (Å²) in [6.45, 7) is 8.47. The zero-order valence-electron chi connectivity index (χ0n) is 15.1. The molecule has 0 fully saturated rings. The van der Waals surface area contributed by atoms with Crippen LogP contribution in [-0.4, -0.2) is 27.9 Å². The molecule has 2 rings (SSSR count). The topological polar surface area (TPSA) is 54.9 Å². The van der Waals surface area contributed by atoms with Crippen LogP contribution in [0, 0.1) is 0 Å². The van der Waals surface area contributed by atoms with Gasteiger partial charge in [-0.15, -0.1) is 10.2 Å². The minimum atomic E-state index is 0.0500. The molecule has 0 bridgehead atoms. The quantitative estimate of drug-likeness (QED) is 0.608. The first-order valence-corrected chi connectivity index (χ1v) is 11.2. The van der Waals surface area contributed by atoms with Gasteiger partial charge in [0.25, 0.3) is 0 Å². The number of thioether (sulfide) groups is 2. The molecule has 1 heterocycles. The molecule has 1 unspecified atom stereocenters. The van der Waals surface area contributed by atoms with E-state index in [1.54, 1.807) is 23.1 Å². The van der Waals surface area contributed by atoms with E-state index in [4.69, 9.17) is 0 Å². The molecule has 1 atom stereocenters. The minimum Gasteiger partial charge on any atom is -0.353 e. The minimum absolute atomic E-state index is 0.0500. The normalized spacial score (nSPS) is 12.4. The Hall–Kier alpha value is -1.05. The second-order valence-corrected chi connectivity index (χ2v) is 9.61. The average molecular weight is 396 g/mol. The van der Waals surface area contributed by atoms with Gasteiger partial charge in [0, 0.05) is 11.8 Å². The lowest BCUT2D eigenvalue weighted by molar-refractivity contribution is -0.119. The Morgan fingerprint density at radius 2 is 1.76 bits per heavy atom. The molecule has 1 aromatic heterocycles. The molecule has 25 heavy (non-hydrogen) atoms. The Bertz CT molecular complexity index is 670. The SMILES string of the molecule is CCC(C)NC(=O)CSc1nnc(SCc2ccc(C(C)C)cc2)s1. The van der Waals surface area contributed by atoms with E-state index in [9.17, 15) is 4.79 Å². The average Bonchev–Trinajstić information content (AvgIpc) is 3.06. The van der Waals surface area contributed by atoms with Crippen LogP contribution >= 0.6 is 34.9 Å². The van der Waals surface area contributed by atoms with Gasteiger partial charge in [-0.3, -0.25) is 4.79 Å². The van der Waals surface area contributed by atoms with Crippen molar-refractivity contribution in [3.63, 3.8) is 0 Å². The van der Waals surface area contributed by atoms with E-state index in [0.29, 0.717) is 11.7 Å². The predicted molar refractivity (Wildman–Crippen MR) is 109 cm³/mol. The van der Waals surface area contributed by atoms with Crippen LogP contribution in [0.25, 0.3) is 0 Å². The molecule has 0 aliphatic heterocycles. The van der Waals surface area contributed by atoms with Crippen LogP contribution in [0.3, 0.4) is 0 Å². The molecule has 0 saturated carbocycles. The number of rotatable bonds is 9. The van der Waals surface area contributed by atoms with Gasteiger partial charge >= 0.3 is 0 Å². The van der Waals surface area contributed by atoms with E-state index in [1.165, 1.54) is 22.9 Å². The van der Waals surface area contributed by atoms with Crippen molar-refractivity contribution in [2.75, 3.05) is 5.75 Å². The van der Waals surface area contributed by atoms with Crippen LogP contribution in [0.5, 0.6) is 0 Å². The van der Waals surface area contributed by atoms with Gasteiger partial charge in [-0.05, 0) is 30.4 Å². The highest BCUT2D eigenvalue weighted by Gasteiger charge is 2.10. The van der Waals surface area contributed by atoms with Crippen LogP contribution in [-0.2, 0) is 10.5 Å². The Labute approximate surface area is 162 Å². The summed E-state index contributed by atoms with van der Waals surface area (Å²) in [5.74, 6) is 1.88. The highest BCUT2D eigenvalue weighted by molar-refractivity contribution is 8.03. The summed E-state index contributed by atoms with van der Waals surface area (Å²) < 4.78 is 1.79. The number of nitrogens with zero attached hydrogens (tertiary/aromatic N) is 2. The molecule has 0 aliphatic carbocycles. The van der Waals surface area contributed by atoms with Gasteiger partial charge in [0.15, 0.2) is 8.68 Å². The number of hydrogen-bond donors (Lipinski definition) is 1. The molecular weight excluding hydrogens is 370 g/mol. The van der Waals surface area contributed by atoms with Crippen molar-refractivity contribution in [2.24, 2.45) is 0 Å². The van der Waals surface area contributed by atoms with E-state index in [2.05, 4.69) is 60.6 Å². The van der Waals surface area contributed by atoms with Crippen molar-refractivity contribution in [3.8, 4) is 0 Å². The van der Waals surface area contributed by atoms with Crippen LogP contribution in [0.15, 0.2) is 32.9 Å².